The number of anilines is 1. The second-order valence-corrected chi connectivity index (χ2v) is 7.01. The minimum absolute atomic E-state index is 0.00472. The molecule has 0 aromatic heterocycles. The van der Waals surface area contributed by atoms with Crippen molar-refractivity contribution in [3.8, 4) is 0 Å². The molecular weight excluding hydrogens is 315 g/mol. The van der Waals surface area contributed by atoms with Crippen molar-refractivity contribution >= 4 is 11.6 Å². The zero-order valence-electron chi connectivity index (χ0n) is 14.9. The van der Waals surface area contributed by atoms with E-state index >= 15 is 0 Å². The zero-order chi connectivity index (χ0) is 17.8. The van der Waals surface area contributed by atoms with Gasteiger partial charge in [0.05, 0.1) is 5.92 Å². The van der Waals surface area contributed by atoms with Gasteiger partial charge < -0.3 is 5.32 Å². The van der Waals surface area contributed by atoms with Crippen LogP contribution < -0.4 is 5.32 Å². The molecule has 3 nitrogen and oxygen atoms in total. The third kappa shape index (κ3) is 4.67. The quantitative estimate of drug-likeness (QED) is 0.900. The van der Waals surface area contributed by atoms with Crippen LogP contribution in [0.1, 0.15) is 29.5 Å². The number of nitrogens with one attached hydrogen (secondary N) is 1. The first kappa shape index (κ1) is 17.6. The molecule has 4 heteroatoms. The van der Waals surface area contributed by atoms with Gasteiger partial charge >= 0.3 is 0 Å². The monoisotopic (exact) mass is 340 g/mol. The van der Waals surface area contributed by atoms with Gasteiger partial charge in [-0.15, -0.1) is 0 Å². The Kier molecular flexibility index (Phi) is 5.49. The van der Waals surface area contributed by atoms with Gasteiger partial charge in [0, 0.05) is 18.8 Å². The highest BCUT2D eigenvalue weighted by molar-refractivity contribution is 5.93. The van der Waals surface area contributed by atoms with E-state index < -0.39 is 0 Å². The number of hydrogen-bond acceptors (Lipinski definition) is 2. The Labute approximate surface area is 148 Å². The first-order chi connectivity index (χ1) is 12.0. The van der Waals surface area contributed by atoms with Crippen LogP contribution in [-0.2, 0) is 11.3 Å². The highest BCUT2D eigenvalue weighted by Crippen LogP contribution is 2.22. The van der Waals surface area contributed by atoms with Crippen molar-refractivity contribution in [3.05, 3.63) is 65.0 Å². The molecule has 1 saturated heterocycles. The van der Waals surface area contributed by atoms with E-state index in [2.05, 4.69) is 16.3 Å². The highest BCUT2D eigenvalue weighted by atomic mass is 19.1. The van der Waals surface area contributed by atoms with Crippen molar-refractivity contribution < 1.29 is 9.18 Å². The molecule has 1 fully saturated rings. The lowest BCUT2D eigenvalue weighted by atomic mass is 9.96. The first-order valence-corrected chi connectivity index (χ1v) is 8.86. The third-order valence-electron chi connectivity index (χ3n) is 4.84. The lowest BCUT2D eigenvalue weighted by molar-refractivity contribution is -0.121. The maximum Gasteiger partial charge on any atom is 0.228 e. The number of carbonyl (C=O) groups is 1. The van der Waals surface area contributed by atoms with E-state index in [9.17, 15) is 9.18 Å². The predicted molar refractivity (Wildman–Crippen MR) is 98.9 cm³/mol. The molecule has 0 unspecified atom stereocenters. The second kappa shape index (κ2) is 7.79. The number of benzene rings is 2. The summed E-state index contributed by atoms with van der Waals surface area (Å²) in [5.41, 5.74) is 4.26. The number of piperidine rings is 1. The van der Waals surface area contributed by atoms with Crippen molar-refractivity contribution in [2.75, 3.05) is 18.4 Å². The van der Waals surface area contributed by atoms with Crippen LogP contribution in [0.25, 0.3) is 0 Å². The number of amides is 1. The van der Waals surface area contributed by atoms with Gasteiger partial charge in [0.25, 0.3) is 0 Å². The Hall–Kier alpha value is -2.20. The van der Waals surface area contributed by atoms with E-state index in [0.717, 1.165) is 49.3 Å². The molecule has 0 saturated carbocycles. The Morgan fingerprint density at radius 1 is 1.20 bits per heavy atom. The van der Waals surface area contributed by atoms with Crippen LogP contribution in [0.5, 0.6) is 0 Å². The summed E-state index contributed by atoms with van der Waals surface area (Å²) in [6, 6.07) is 12.7. The Morgan fingerprint density at radius 2 is 1.96 bits per heavy atom. The Morgan fingerprint density at radius 3 is 2.68 bits per heavy atom. The summed E-state index contributed by atoms with van der Waals surface area (Å²) in [6.07, 6.45) is 1.92. The van der Waals surface area contributed by atoms with Crippen molar-refractivity contribution in [1.29, 1.82) is 0 Å². The molecule has 1 atom stereocenters. The average molecular weight is 340 g/mol. The zero-order valence-corrected chi connectivity index (χ0v) is 14.9. The molecule has 1 N–H and O–H groups in total. The fourth-order valence-corrected chi connectivity index (χ4v) is 3.45. The maximum absolute atomic E-state index is 13.0. The fourth-order valence-electron chi connectivity index (χ4n) is 3.45. The topological polar surface area (TPSA) is 32.3 Å². The normalized spacial score (nSPS) is 18.1. The highest BCUT2D eigenvalue weighted by Gasteiger charge is 2.26. The average Bonchev–Trinajstić information content (AvgIpc) is 2.60. The largest absolute Gasteiger partial charge is 0.326 e. The van der Waals surface area contributed by atoms with Gasteiger partial charge in [-0.25, -0.2) is 4.39 Å². The number of rotatable bonds is 4. The summed E-state index contributed by atoms with van der Waals surface area (Å²) in [5, 5.41) is 3.08. The SMILES string of the molecule is Cc1ccc(NC(=O)[C@@H]2CCCN(Cc3ccc(F)cc3)C2)c(C)c1. The molecule has 2 aromatic rings. The van der Waals surface area contributed by atoms with Crippen LogP contribution >= 0.6 is 0 Å². The summed E-state index contributed by atoms with van der Waals surface area (Å²) in [6.45, 7) is 6.55. The van der Waals surface area contributed by atoms with Crippen molar-refractivity contribution in [3.63, 3.8) is 0 Å². The van der Waals surface area contributed by atoms with Gasteiger partial charge in [0.2, 0.25) is 5.91 Å². The van der Waals surface area contributed by atoms with E-state index in [4.69, 9.17) is 0 Å². The van der Waals surface area contributed by atoms with E-state index in [1.807, 2.05) is 38.1 Å². The molecule has 1 heterocycles. The minimum atomic E-state index is -0.215. The molecular formula is C21H25FN2O. The number of aryl methyl sites for hydroxylation is 2. The Balaban J connectivity index is 1.60. The van der Waals surface area contributed by atoms with E-state index in [-0.39, 0.29) is 17.6 Å². The van der Waals surface area contributed by atoms with Gasteiger partial charge in [-0.3, -0.25) is 9.69 Å². The molecule has 0 spiro atoms. The van der Waals surface area contributed by atoms with Crippen LogP contribution in [0.2, 0.25) is 0 Å². The Bertz CT molecular complexity index is 742. The number of carbonyl (C=O) groups excluding carboxylic acids is 1. The van der Waals surface area contributed by atoms with Gasteiger partial charge in [0.15, 0.2) is 0 Å². The van der Waals surface area contributed by atoms with E-state index in [1.54, 1.807) is 0 Å². The van der Waals surface area contributed by atoms with Gasteiger partial charge in [-0.1, -0.05) is 29.8 Å². The molecule has 1 aliphatic rings. The molecule has 3 rings (SSSR count). The minimum Gasteiger partial charge on any atom is -0.326 e. The van der Waals surface area contributed by atoms with Crippen LogP contribution in [0, 0.1) is 25.6 Å². The smallest absolute Gasteiger partial charge is 0.228 e. The fraction of sp³-hybridized carbons (Fsp3) is 0.381. The maximum atomic E-state index is 13.0. The predicted octanol–water partition coefficient (Wildman–Crippen LogP) is 4.29. The number of hydrogen-bond donors (Lipinski definition) is 1. The van der Waals surface area contributed by atoms with Crippen LogP contribution in [-0.4, -0.2) is 23.9 Å². The first-order valence-electron chi connectivity index (χ1n) is 8.86. The summed E-state index contributed by atoms with van der Waals surface area (Å²) in [5.74, 6) is -0.126. The summed E-state index contributed by atoms with van der Waals surface area (Å²) in [4.78, 5) is 14.9. The molecule has 2 aromatic carbocycles. The lowest BCUT2D eigenvalue weighted by Gasteiger charge is -2.32. The van der Waals surface area contributed by atoms with Crippen molar-refractivity contribution in [1.82, 2.24) is 4.90 Å². The van der Waals surface area contributed by atoms with E-state index in [0.29, 0.717) is 0 Å². The second-order valence-electron chi connectivity index (χ2n) is 7.01. The molecule has 25 heavy (non-hydrogen) atoms. The van der Waals surface area contributed by atoms with Gasteiger partial charge in [-0.2, -0.15) is 0 Å². The summed E-state index contributed by atoms with van der Waals surface area (Å²) in [7, 11) is 0. The molecule has 1 amide bonds. The summed E-state index contributed by atoms with van der Waals surface area (Å²) >= 11 is 0. The molecule has 1 aliphatic heterocycles. The number of halogens is 1. The summed E-state index contributed by atoms with van der Waals surface area (Å²) < 4.78 is 13.0. The van der Waals surface area contributed by atoms with Gasteiger partial charge in [-0.05, 0) is 62.6 Å². The van der Waals surface area contributed by atoms with Crippen LogP contribution in [0.15, 0.2) is 42.5 Å². The van der Waals surface area contributed by atoms with Crippen molar-refractivity contribution in [2.24, 2.45) is 5.92 Å². The van der Waals surface area contributed by atoms with Crippen LogP contribution in [0.4, 0.5) is 10.1 Å². The van der Waals surface area contributed by atoms with Gasteiger partial charge in [0.1, 0.15) is 5.82 Å². The van der Waals surface area contributed by atoms with Crippen molar-refractivity contribution in [2.45, 2.75) is 33.2 Å². The third-order valence-corrected chi connectivity index (χ3v) is 4.84. The molecule has 0 aliphatic carbocycles. The number of nitrogens with zero attached hydrogens (tertiary/aromatic N) is 1. The van der Waals surface area contributed by atoms with Crippen LogP contribution in [0.3, 0.4) is 0 Å². The molecule has 132 valence electrons. The standard InChI is InChI=1S/C21H25FN2O/c1-15-5-10-20(16(2)12-15)23-21(25)18-4-3-11-24(14-18)13-17-6-8-19(22)9-7-17/h5-10,12,18H,3-4,11,13-14H2,1-2H3,(H,23,25)/t18-/m1/s1. The lowest BCUT2D eigenvalue weighted by Crippen LogP contribution is -2.40. The van der Waals surface area contributed by atoms with E-state index in [1.165, 1.54) is 17.7 Å². The molecule has 0 bridgehead atoms. The molecule has 0 radical (unpaired) electrons. The number of likely N-dealkylation sites (tertiary alicyclic amines) is 1.